The maximum absolute atomic E-state index is 13.3. The van der Waals surface area contributed by atoms with Crippen LogP contribution in [0.15, 0.2) is 49.1 Å². The summed E-state index contributed by atoms with van der Waals surface area (Å²) in [5, 5.41) is 1.02. The Balaban J connectivity index is 1.40. The van der Waals surface area contributed by atoms with Gasteiger partial charge in [0.05, 0.1) is 15.2 Å². The lowest BCUT2D eigenvalue weighted by molar-refractivity contribution is 0.0706. The summed E-state index contributed by atoms with van der Waals surface area (Å²) in [5.74, 6) is 0.303. The van der Waals surface area contributed by atoms with Crippen molar-refractivity contribution in [1.82, 2.24) is 24.8 Å². The summed E-state index contributed by atoms with van der Waals surface area (Å²) in [4.78, 5) is 32.8. The van der Waals surface area contributed by atoms with Gasteiger partial charge in [-0.1, -0.05) is 0 Å². The lowest BCUT2D eigenvalue weighted by Gasteiger charge is -2.33. The van der Waals surface area contributed by atoms with Gasteiger partial charge in [0.2, 0.25) is 0 Å². The van der Waals surface area contributed by atoms with Gasteiger partial charge in [-0.05, 0) is 62.6 Å². The molecule has 0 aliphatic carbocycles. The van der Waals surface area contributed by atoms with Gasteiger partial charge >= 0.3 is 0 Å². The number of fused-ring (bicyclic) bond motifs is 1. The first-order chi connectivity index (χ1) is 15.1. The molecule has 1 atom stereocenters. The molecular formula is C24H23N5OS. The van der Waals surface area contributed by atoms with Crippen molar-refractivity contribution in [3.8, 4) is 11.1 Å². The zero-order valence-corrected chi connectivity index (χ0v) is 18.4. The minimum Gasteiger partial charge on any atom is -0.338 e. The van der Waals surface area contributed by atoms with E-state index in [-0.39, 0.29) is 11.8 Å². The molecule has 3 aromatic heterocycles. The van der Waals surface area contributed by atoms with Gasteiger partial charge in [0.1, 0.15) is 6.33 Å². The van der Waals surface area contributed by atoms with Crippen molar-refractivity contribution in [3.05, 3.63) is 71.0 Å². The molecule has 1 saturated heterocycles. The van der Waals surface area contributed by atoms with E-state index in [1.165, 1.54) is 6.33 Å². The number of amides is 1. The highest BCUT2D eigenvalue weighted by molar-refractivity contribution is 7.18. The molecule has 4 aromatic rings. The number of aromatic nitrogens is 4. The second-order valence-electron chi connectivity index (χ2n) is 8.05. The van der Waals surface area contributed by atoms with Crippen molar-refractivity contribution in [3.63, 3.8) is 0 Å². The van der Waals surface area contributed by atoms with E-state index in [2.05, 4.69) is 27.1 Å². The molecule has 1 amide bonds. The molecule has 1 aliphatic heterocycles. The Morgan fingerprint density at radius 3 is 2.74 bits per heavy atom. The highest BCUT2D eigenvalue weighted by Gasteiger charge is 2.27. The highest BCUT2D eigenvalue weighted by atomic mass is 32.1. The molecule has 1 aromatic carbocycles. The molecule has 1 unspecified atom stereocenters. The van der Waals surface area contributed by atoms with Gasteiger partial charge in [-0.25, -0.2) is 15.0 Å². The number of carbonyl (C=O) groups excluding carboxylic acids is 1. The zero-order chi connectivity index (χ0) is 21.4. The van der Waals surface area contributed by atoms with Crippen molar-refractivity contribution in [2.24, 2.45) is 0 Å². The van der Waals surface area contributed by atoms with Gasteiger partial charge in [-0.3, -0.25) is 9.78 Å². The third-order valence-electron chi connectivity index (χ3n) is 5.74. The van der Waals surface area contributed by atoms with E-state index < -0.39 is 0 Å². The van der Waals surface area contributed by atoms with Crippen LogP contribution in [0.3, 0.4) is 0 Å². The largest absolute Gasteiger partial charge is 0.338 e. The Bertz CT molecular complexity index is 1250. The van der Waals surface area contributed by atoms with E-state index in [1.54, 1.807) is 11.3 Å². The van der Waals surface area contributed by atoms with E-state index in [1.807, 2.05) is 49.3 Å². The second-order valence-corrected chi connectivity index (χ2v) is 9.29. The van der Waals surface area contributed by atoms with Gasteiger partial charge in [0.15, 0.2) is 0 Å². The van der Waals surface area contributed by atoms with Crippen molar-refractivity contribution in [2.45, 2.75) is 32.6 Å². The van der Waals surface area contributed by atoms with Gasteiger partial charge < -0.3 is 4.90 Å². The van der Waals surface area contributed by atoms with Crippen LogP contribution in [0, 0.1) is 13.8 Å². The van der Waals surface area contributed by atoms with E-state index in [0.717, 1.165) is 62.7 Å². The number of thiazole rings is 1. The Labute approximate surface area is 185 Å². The van der Waals surface area contributed by atoms with Crippen molar-refractivity contribution in [2.75, 3.05) is 13.1 Å². The fourth-order valence-corrected chi connectivity index (χ4v) is 5.14. The topological polar surface area (TPSA) is 71.9 Å². The Morgan fingerprint density at radius 1 is 1.06 bits per heavy atom. The molecule has 156 valence electrons. The molecule has 1 aliphatic rings. The van der Waals surface area contributed by atoms with Crippen LogP contribution in [-0.4, -0.2) is 43.8 Å². The standard InChI is InChI=1S/C24H23N5OS/c1-15-8-19(20-11-25-14-26-12-20)9-22(27-15)18-4-3-7-29(13-18)24(30)17-5-6-21-23(10-17)31-16(2)28-21/h5-6,8-12,14,18H,3-4,7,13H2,1-2H3. The van der Waals surface area contributed by atoms with Gasteiger partial charge in [-0.2, -0.15) is 0 Å². The lowest BCUT2D eigenvalue weighted by Crippen LogP contribution is -2.39. The number of hydrogen-bond donors (Lipinski definition) is 0. The van der Waals surface area contributed by atoms with Gasteiger partial charge in [-0.15, -0.1) is 11.3 Å². The number of likely N-dealkylation sites (tertiary alicyclic amines) is 1. The smallest absolute Gasteiger partial charge is 0.253 e. The van der Waals surface area contributed by atoms with Crippen LogP contribution in [0.5, 0.6) is 0 Å². The molecule has 0 radical (unpaired) electrons. The first-order valence-corrected chi connectivity index (χ1v) is 11.3. The monoisotopic (exact) mass is 429 g/mol. The number of rotatable bonds is 3. The zero-order valence-electron chi connectivity index (χ0n) is 17.6. The number of aryl methyl sites for hydroxylation is 2. The fourth-order valence-electron chi connectivity index (χ4n) is 4.28. The summed E-state index contributed by atoms with van der Waals surface area (Å²) >= 11 is 1.63. The number of nitrogens with zero attached hydrogens (tertiary/aromatic N) is 5. The first kappa shape index (κ1) is 19.8. The summed E-state index contributed by atoms with van der Waals surface area (Å²) in [6.07, 6.45) is 7.17. The molecule has 4 heterocycles. The van der Waals surface area contributed by atoms with E-state index in [4.69, 9.17) is 4.98 Å². The number of piperidine rings is 1. The fraction of sp³-hybridized carbons (Fsp3) is 0.292. The molecule has 31 heavy (non-hydrogen) atoms. The summed E-state index contributed by atoms with van der Waals surface area (Å²) in [6.45, 7) is 5.46. The normalized spacial score (nSPS) is 16.6. The van der Waals surface area contributed by atoms with Crippen molar-refractivity contribution < 1.29 is 4.79 Å². The molecule has 1 fully saturated rings. The quantitative estimate of drug-likeness (QED) is 0.468. The van der Waals surface area contributed by atoms with Crippen LogP contribution in [0.4, 0.5) is 0 Å². The lowest BCUT2D eigenvalue weighted by atomic mass is 9.92. The van der Waals surface area contributed by atoms with Gasteiger partial charge in [0, 0.05) is 53.9 Å². The SMILES string of the molecule is Cc1cc(-c2cncnc2)cc(C2CCCN(C(=O)c3ccc4nc(C)sc4c3)C2)n1. The van der Waals surface area contributed by atoms with Crippen LogP contribution in [0.1, 0.15) is 45.5 Å². The van der Waals surface area contributed by atoms with Crippen LogP contribution >= 0.6 is 11.3 Å². The molecule has 6 nitrogen and oxygen atoms in total. The Morgan fingerprint density at radius 2 is 1.90 bits per heavy atom. The average Bonchev–Trinajstić information content (AvgIpc) is 3.18. The van der Waals surface area contributed by atoms with Gasteiger partial charge in [0.25, 0.3) is 5.91 Å². The van der Waals surface area contributed by atoms with E-state index in [0.29, 0.717) is 6.54 Å². The van der Waals surface area contributed by atoms with Crippen molar-refractivity contribution in [1.29, 1.82) is 0 Å². The minimum atomic E-state index is 0.0852. The summed E-state index contributed by atoms with van der Waals surface area (Å²) in [5.41, 5.74) is 5.73. The second kappa shape index (κ2) is 8.15. The number of carbonyl (C=O) groups is 1. The summed E-state index contributed by atoms with van der Waals surface area (Å²) in [7, 11) is 0. The average molecular weight is 430 g/mol. The molecule has 0 N–H and O–H groups in total. The third-order valence-corrected chi connectivity index (χ3v) is 6.67. The van der Waals surface area contributed by atoms with E-state index in [9.17, 15) is 4.79 Å². The third kappa shape index (κ3) is 4.05. The number of benzene rings is 1. The summed E-state index contributed by atoms with van der Waals surface area (Å²) < 4.78 is 1.06. The first-order valence-electron chi connectivity index (χ1n) is 10.5. The Kier molecular flexibility index (Phi) is 5.19. The number of hydrogen-bond acceptors (Lipinski definition) is 6. The molecule has 0 bridgehead atoms. The molecule has 7 heteroatoms. The molecule has 0 spiro atoms. The molecule has 0 saturated carbocycles. The number of pyridine rings is 1. The van der Waals surface area contributed by atoms with Crippen LogP contribution < -0.4 is 0 Å². The van der Waals surface area contributed by atoms with Crippen LogP contribution in [-0.2, 0) is 0 Å². The molecule has 5 rings (SSSR count). The predicted molar refractivity (Wildman–Crippen MR) is 122 cm³/mol. The van der Waals surface area contributed by atoms with Crippen LogP contribution in [0.25, 0.3) is 21.3 Å². The maximum Gasteiger partial charge on any atom is 0.253 e. The highest BCUT2D eigenvalue weighted by Crippen LogP contribution is 2.30. The maximum atomic E-state index is 13.3. The van der Waals surface area contributed by atoms with Crippen LogP contribution in [0.2, 0.25) is 0 Å². The molecular weight excluding hydrogens is 406 g/mol. The van der Waals surface area contributed by atoms with Crippen molar-refractivity contribution >= 4 is 27.5 Å². The summed E-state index contributed by atoms with van der Waals surface area (Å²) in [6, 6.07) is 10.00. The Hall–Kier alpha value is -3.19. The van der Waals surface area contributed by atoms with E-state index >= 15 is 0 Å². The predicted octanol–water partition coefficient (Wildman–Crippen LogP) is 4.78. The minimum absolute atomic E-state index is 0.0852.